The summed E-state index contributed by atoms with van der Waals surface area (Å²) in [6.07, 6.45) is 27.3. The first kappa shape index (κ1) is 20.4. The highest BCUT2D eigenvalue weighted by Gasteiger charge is 1.94. The van der Waals surface area contributed by atoms with Crippen LogP contribution in [0.1, 0.15) is 71.1 Å². The maximum Gasteiger partial charge on any atom is 0.303 e. The van der Waals surface area contributed by atoms with E-state index in [0.717, 1.165) is 44.9 Å². The summed E-state index contributed by atoms with van der Waals surface area (Å²) in [5.41, 5.74) is 0. The monoisotopic (exact) mass is 304 g/mol. The van der Waals surface area contributed by atoms with Crippen molar-refractivity contribution < 1.29 is 9.90 Å². The van der Waals surface area contributed by atoms with Gasteiger partial charge in [0.05, 0.1) is 0 Å². The fourth-order valence-electron chi connectivity index (χ4n) is 1.93. The number of carboxylic acids is 1. The van der Waals surface area contributed by atoms with Crippen LogP contribution in [0.15, 0.2) is 48.6 Å². The molecule has 0 radical (unpaired) electrons. The molecule has 124 valence electrons. The molecule has 0 bridgehead atoms. The summed E-state index contributed by atoms with van der Waals surface area (Å²) in [4.78, 5) is 10.3. The second kappa shape index (κ2) is 17.5. The molecule has 0 fully saturated rings. The van der Waals surface area contributed by atoms with Crippen LogP contribution in [0, 0.1) is 0 Å². The van der Waals surface area contributed by atoms with E-state index >= 15 is 0 Å². The lowest BCUT2D eigenvalue weighted by Gasteiger charge is -1.94. The summed E-state index contributed by atoms with van der Waals surface area (Å²) in [5.74, 6) is -0.688. The number of hydrogen-bond donors (Lipinski definition) is 1. The maximum atomic E-state index is 10.3. The number of carboxylic acid groups (broad SMARTS) is 1. The summed E-state index contributed by atoms with van der Waals surface area (Å²) in [5, 5.41) is 8.51. The Labute approximate surface area is 136 Å². The van der Waals surface area contributed by atoms with Gasteiger partial charge >= 0.3 is 5.97 Å². The van der Waals surface area contributed by atoms with Crippen molar-refractivity contribution in [3.8, 4) is 0 Å². The Balaban J connectivity index is 3.37. The smallest absolute Gasteiger partial charge is 0.303 e. The lowest BCUT2D eigenvalue weighted by Crippen LogP contribution is -1.93. The lowest BCUT2D eigenvalue weighted by atomic mass is 10.1. The van der Waals surface area contributed by atoms with Crippen molar-refractivity contribution >= 4 is 5.97 Å². The molecule has 0 aliphatic carbocycles. The van der Waals surface area contributed by atoms with E-state index in [1.165, 1.54) is 12.8 Å². The van der Waals surface area contributed by atoms with E-state index in [-0.39, 0.29) is 0 Å². The standard InChI is InChI=1S/C20H32O2/c1-2-3-4-5-6-7-8-9-10-11-12-13-14-15-16-17-18-19-20(21)22/h4-5,7-8,10-11,13-14H,2-3,6,9,12,15-19H2,1H3,(H,21,22). The molecule has 0 heterocycles. The van der Waals surface area contributed by atoms with Gasteiger partial charge in [-0.3, -0.25) is 4.79 Å². The van der Waals surface area contributed by atoms with E-state index in [4.69, 9.17) is 5.11 Å². The van der Waals surface area contributed by atoms with E-state index in [0.29, 0.717) is 6.42 Å². The predicted molar refractivity (Wildman–Crippen MR) is 96.0 cm³/mol. The molecule has 0 amide bonds. The normalized spacial score (nSPS) is 12.4. The van der Waals surface area contributed by atoms with Crippen molar-refractivity contribution in [2.45, 2.75) is 71.1 Å². The number of allylic oxidation sites excluding steroid dienone is 8. The minimum absolute atomic E-state index is 0.300. The van der Waals surface area contributed by atoms with E-state index < -0.39 is 5.97 Å². The summed E-state index contributed by atoms with van der Waals surface area (Å²) in [7, 11) is 0. The van der Waals surface area contributed by atoms with Crippen molar-refractivity contribution in [1.29, 1.82) is 0 Å². The molecule has 0 aromatic carbocycles. The summed E-state index contributed by atoms with van der Waals surface area (Å²) in [6.45, 7) is 2.19. The van der Waals surface area contributed by atoms with Gasteiger partial charge in [0.2, 0.25) is 0 Å². The Morgan fingerprint density at radius 3 is 1.73 bits per heavy atom. The second-order valence-corrected chi connectivity index (χ2v) is 5.37. The number of aliphatic carboxylic acids is 1. The van der Waals surface area contributed by atoms with Gasteiger partial charge in [-0.05, 0) is 44.9 Å². The molecule has 0 atom stereocenters. The van der Waals surface area contributed by atoms with E-state index in [1.807, 2.05) is 0 Å². The van der Waals surface area contributed by atoms with Crippen molar-refractivity contribution in [2.75, 3.05) is 0 Å². The molecule has 2 nitrogen and oxygen atoms in total. The van der Waals surface area contributed by atoms with Crippen LogP contribution in [0.3, 0.4) is 0 Å². The van der Waals surface area contributed by atoms with E-state index in [2.05, 4.69) is 55.5 Å². The van der Waals surface area contributed by atoms with Crippen LogP contribution in [0.2, 0.25) is 0 Å². The van der Waals surface area contributed by atoms with Crippen LogP contribution in [-0.4, -0.2) is 11.1 Å². The van der Waals surface area contributed by atoms with Gasteiger partial charge in [0, 0.05) is 6.42 Å². The zero-order chi connectivity index (χ0) is 16.3. The zero-order valence-corrected chi connectivity index (χ0v) is 14.0. The molecule has 0 aliphatic heterocycles. The molecular formula is C20H32O2. The third-order valence-corrected chi connectivity index (χ3v) is 3.20. The fraction of sp³-hybridized carbons (Fsp3) is 0.550. The summed E-state index contributed by atoms with van der Waals surface area (Å²) >= 11 is 0. The number of carbonyl (C=O) groups is 1. The first-order valence-corrected chi connectivity index (χ1v) is 8.59. The zero-order valence-electron chi connectivity index (χ0n) is 14.0. The minimum Gasteiger partial charge on any atom is -0.481 e. The van der Waals surface area contributed by atoms with Crippen LogP contribution in [0.5, 0.6) is 0 Å². The lowest BCUT2D eigenvalue weighted by molar-refractivity contribution is -0.137. The molecule has 1 N–H and O–H groups in total. The molecule has 0 aromatic heterocycles. The first-order chi connectivity index (χ1) is 10.8. The second-order valence-electron chi connectivity index (χ2n) is 5.37. The number of rotatable bonds is 14. The summed E-state index contributed by atoms with van der Waals surface area (Å²) in [6, 6.07) is 0. The Bertz CT molecular complexity index is 362. The SMILES string of the molecule is CCCC=CCC=CCC=CCC=CCCCCCC(=O)O. The van der Waals surface area contributed by atoms with Gasteiger partial charge in [-0.1, -0.05) is 68.4 Å². The third-order valence-electron chi connectivity index (χ3n) is 3.20. The fourth-order valence-corrected chi connectivity index (χ4v) is 1.93. The van der Waals surface area contributed by atoms with Crippen molar-refractivity contribution in [1.82, 2.24) is 0 Å². The van der Waals surface area contributed by atoms with Gasteiger partial charge < -0.3 is 5.11 Å². The van der Waals surface area contributed by atoms with Gasteiger partial charge in [-0.15, -0.1) is 0 Å². The van der Waals surface area contributed by atoms with Gasteiger partial charge in [-0.25, -0.2) is 0 Å². The van der Waals surface area contributed by atoms with Gasteiger partial charge in [0.15, 0.2) is 0 Å². The quantitative estimate of drug-likeness (QED) is 0.305. The molecular weight excluding hydrogens is 272 g/mol. The molecule has 0 aromatic rings. The number of hydrogen-bond acceptors (Lipinski definition) is 1. The molecule has 0 unspecified atom stereocenters. The van der Waals surface area contributed by atoms with Gasteiger partial charge in [0.25, 0.3) is 0 Å². The maximum absolute atomic E-state index is 10.3. The van der Waals surface area contributed by atoms with Crippen molar-refractivity contribution in [3.63, 3.8) is 0 Å². The van der Waals surface area contributed by atoms with Crippen LogP contribution in [-0.2, 0) is 4.79 Å². The molecule has 0 aliphatic rings. The molecule has 2 heteroatoms. The van der Waals surface area contributed by atoms with Gasteiger partial charge in [0.1, 0.15) is 0 Å². The molecule has 0 saturated heterocycles. The Morgan fingerprint density at radius 1 is 0.727 bits per heavy atom. The highest BCUT2D eigenvalue weighted by molar-refractivity contribution is 5.66. The molecule has 22 heavy (non-hydrogen) atoms. The topological polar surface area (TPSA) is 37.3 Å². The molecule has 0 rings (SSSR count). The van der Waals surface area contributed by atoms with Crippen LogP contribution in [0.25, 0.3) is 0 Å². The Morgan fingerprint density at radius 2 is 1.23 bits per heavy atom. The first-order valence-electron chi connectivity index (χ1n) is 8.59. The van der Waals surface area contributed by atoms with Crippen LogP contribution >= 0.6 is 0 Å². The average molecular weight is 304 g/mol. The third kappa shape index (κ3) is 18.4. The van der Waals surface area contributed by atoms with E-state index in [1.54, 1.807) is 0 Å². The molecule has 0 spiro atoms. The highest BCUT2D eigenvalue weighted by atomic mass is 16.4. The minimum atomic E-state index is -0.688. The predicted octanol–water partition coefficient (Wildman–Crippen LogP) is 6.22. The van der Waals surface area contributed by atoms with Crippen LogP contribution < -0.4 is 0 Å². The largest absolute Gasteiger partial charge is 0.481 e. The van der Waals surface area contributed by atoms with Crippen LogP contribution in [0.4, 0.5) is 0 Å². The number of unbranched alkanes of at least 4 members (excludes halogenated alkanes) is 4. The van der Waals surface area contributed by atoms with E-state index in [9.17, 15) is 4.79 Å². The summed E-state index contributed by atoms with van der Waals surface area (Å²) < 4.78 is 0. The van der Waals surface area contributed by atoms with Crippen molar-refractivity contribution in [3.05, 3.63) is 48.6 Å². The molecule has 0 saturated carbocycles. The average Bonchev–Trinajstić information content (AvgIpc) is 2.50. The Kier molecular flexibility index (Phi) is 16.2. The highest BCUT2D eigenvalue weighted by Crippen LogP contribution is 2.04. The van der Waals surface area contributed by atoms with Gasteiger partial charge in [-0.2, -0.15) is 0 Å². The van der Waals surface area contributed by atoms with Crippen molar-refractivity contribution in [2.24, 2.45) is 0 Å². The Hall–Kier alpha value is -1.57.